The van der Waals surface area contributed by atoms with Crippen molar-refractivity contribution in [3.05, 3.63) is 40.0 Å². The number of benzene rings is 1. The summed E-state index contributed by atoms with van der Waals surface area (Å²) in [5.41, 5.74) is 5.99. The fraction of sp³-hybridized carbons (Fsp3) is 0.0833. The Kier molecular flexibility index (Phi) is 4.48. The number of aromatic nitrogens is 1. The van der Waals surface area contributed by atoms with Crippen molar-refractivity contribution in [1.82, 2.24) is 4.98 Å². The van der Waals surface area contributed by atoms with E-state index in [1.807, 2.05) is 0 Å². The van der Waals surface area contributed by atoms with E-state index in [4.69, 9.17) is 17.3 Å². The lowest BCUT2D eigenvalue weighted by atomic mass is 10.3. The van der Waals surface area contributed by atoms with Gasteiger partial charge in [-0.05, 0) is 24.3 Å². The van der Waals surface area contributed by atoms with Crippen molar-refractivity contribution in [2.24, 2.45) is 0 Å². The SMILES string of the molecule is Nc1cc(Cl)nc(Nc2ccc(Br)cc2OC(F)(F)F)c1. The van der Waals surface area contributed by atoms with E-state index in [1.165, 1.54) is 24.3 Å². The van der Waals surface area contributed by atoms with Crippen LogP contribution in [0.4, 0.5) is 30.4 Å². The standard InChI is InChI=1S/C12H8BrClF3N3O/c13-6-1-2-8(9(3-6)21-12(15,16)17)19-11-5-7(18)4-10(14)20-11/h1-5H,(H3,18,19,20). The number of nitrogen functional groups attached to an aromatic ring is 1. The Morgan fingerprint density at radius 1 is 1.24 bits per heavy atom. The first-order valence-corrected chi connectivity index (χ1v) is 6.65. The quantitative estimate of drug-likeness (QED) is 0.754. The number of ether oxygens (including phenoxy) is 1. The van der Waals surface area contributed by atoms with Crippen LogP contribution in [-0.2, 0) is 0 Å². The van der Waals surface area contributed by atoms with Crippen LogP contribution in [0.15, 0.2) is 34.8 Å². The average Bonchev–Trinajstić information content (AvgIpc) is 2.29. The number of anilines is 3. The largest absolute Gasteiger partial charge is 0.573 e. The molecule has 0 aliphatic carbocycles. The predicted octanol–water partition coefficient (Wildman–Crippen LogP) is 4.72. The van der Waals surface area contributed by atoms with Gasteiger partial charge in [0.1, 0.15) is 11.0 Å². The number of rotatable bonds is 3. The van der Waals surface area contributed by atoms with Gasteiger partial charge in [-0.3, -0.25) is 0 Å². The zero-order valence-corrected chi connectivity index (χ0v) is 12.6. The van der Waals surface area contributed by atoms with Crippen molar-refractivity contribution in [1.29, 1.82) is 0 Å². The van der Waals surface area contributed by atoms with E-state index < -0.39 is 12.1 Å². The first kappa shape index (κ1) is 15.7. The lowest BCUT2D eigenvalue weighted by Gasteiger charge is -2.15. The minimum absolute atomic E-state index is 0.0738. The Morgan fingerprint density at radius 2 is 1.95 bits per heavy atom. The summed E-state index contributed by atoms with van der Waals surface area (Å²) in [6.07, 6.45) is -4.81. The predicted molar refractivity (Wildman–Crippen MR) is 77.8 cm³/mol. The van der Waals surface area contributed by atoms with Gasteiger partial charge in [0.05, 0.1) is 5.69 Å². The number of halogens is 5. The van der Waals surface area contributed by atoms with Crippen LogP contribution in [0.25, 0.3) is 0 Å². The average molecular weight is 383 g/mol. The third kappa shape index (κ3) is 4.68. The van der Waals surface area contributed by atoms with E-state index in [0.29, 0.717) is 10.2 Å². The van der Waals surface area contributed by atoms with E-state index in [1.54, 1.807) is 6.07 Å². The number of nitrogens with two attached hydrogens (primary N) is 1. The molecule has 9 heteroatoms. The maximum atomic E-state index is 12.4. The van der Waals surface area contributed by atoms with Crippen LogP contribution in [0.1, 0.15) is 0 Å². The molecule has 0 fully saturated rings. The maximum absolute atomic E-state index is 12.4. The summed E-state index contributed by atoms with van der Waals surface area (Å²) in [7, 11) is 0. The second-order valence-electron chi connectivity index (χ2n) is 3.92. The molecule has 3 N–H and O–H groups in total. The molecule has 1 aromatic heterocycles. The highest BCUT2D eigenvalue weighted by Gasteiger charge is 2.32. The zero-order chi connectivity index (χ0) is 15.6. The molecular weight excluding hydrogens is 375 g/mol. The Balaban J connectivity index is 2.34. The van der Waals surface area contributed by atoms with Gasteiger partial charge >= 0.3 is 6.36 Å². The fourth-order valence-electron chi connectivity index (χ4n) is 1.53. The second kappa shape index (κ2) is 5.98. The molecule has 0 bridgehead atoms. The molecule has 2 rings (SSSR count). The molecule has 0 aliphatic rings. The molecule has 2 aromatic rings. The van der Waals surface area contributed by atoms with Crippen LogP contribution in [0.3, 0.4) is 0 Å². The number of hydrogen-bond donors (Lipinski definition) is 2. The van der Waals surface area contributed by atoms with Crippen LogP contribution in [0.5, 0.6) is 5.75 Å². The molecule has 0 atom stereocenters. The molecule has 0 aliphatic heterocycles. The normalized spacial score (nSPS) is 11.3. The third-order valence-electron chi connectivity index (χ3n) is 2.25. The number of nitrogens with zero attached hydrogens (tertiary/aromatic N) is 1. The summed E-state index contributed by atoms with van der Waals surface area (Å²) < 4.78 is 41.6. The topological polar surface area (TPSA) is 60.2 Å². The highest BCUT2D eigenvalue weighted by Crippen LogP contribution is 2.34. The Labute approximate surface area is 131 Å². The third-order valence-corrected chi connectivity index (χ3v) is 2.94. The number of pyridine rings is 1. The van der Waals surface area contributed by atoms with Crippen LogP contribution >= 0.6 is 27.5 Å². The summed E-state index contributed by atoms with van der Waals surface area (Å²) in [5, 5.41) is 2.80. The molecular formula is C12H8BrClF3N3O. The minimum Gasteiger partial charge on any atom is -0.404 e. The fourth-order valence-corrected chi connectivity index (χ4v) is 2.08. The summed E-state index contributed by atoms with van der Waals surface area (Å²) in [6, 6.07) is 7.00. The van der Waals surface area contributed by atoms with E-state index >= 15 is 0 Å². The smallest absolute Gasteiger partial charge is 0.404 e. The molecule has 0 spiro atoms. The first-order valence-electron chi connectivity index (χ1n) is 5.48. The Morgan fingerprint density at radius 3 is 2.57 bits per heavy atom. The molecule has 0 saturated carbocycles. The number of hydrogen-bond acceptors (Lipinski definition) is 4. The summed E-state index contributed by atoms with van der Waals surface area (Å²) in [6.45, 7) is 0. The Hall–Kier alpha value is -1.67. The zero-order valence-electron chi connectivity index (χ0n) is 10.2. The summed E-state index contributed by atoms with van der Waals surface area (Å²) in [4.78, 5) is 3.92. The van der Waals surface area contributed by atoms with Gasteiger partial charge in [0.15, 0.2) is 5.75 Å². The lowest BCUT2D eigenvalue weighted by Crippen LogP contribution is -2.18. The Bertz CT molecular complexity index is 646. The molecule has 112 valence electrons. The van der Waals surface area contributed by atoms with Gasteiger partial charge in [-0.2, -0.15) is 0 Å². The van der Waals surface area contributed by atoms with E-state index in [2.05, 4.69) is 31.0 Å². The molecule has 0 radical (unpaired) electrons. The van der Waals surface area contributed by atoms with Crippen LogP contribution in [0.2, 0.25) is 5.15 Å². The van der Waals surface area contributed by atoms with Crippen molar-refractivity contribution in [2.45, 2.75) is 6.36 Å². The molecule has 4 nitrogen and oxygen atoms in total. The van der Waals surface area contributed by atoms with Gasteiger partial charge in [-0.15, -0.1) is 13.2 Å². The van der Waals surface area contributed by atoms with E-state index in [-0.39, 0.29) is 16.7 Å². The van der Waals surface area contributed by atoms with Crippen LogP contribution < -0.4 is 15.8 Å². The second-order valence-corrected chi connectivity index (χ2v) is 5.22. The van der Waals surface area contributed by atoms with Gasteiger partial charge in [0, 0.05) is 16.2 Å². The highest BCUT2D eigenvalue weighted by molar-refractivity contribution is 9.10. The molecule has 0 amide bonds. The lowest BCUT2D eigenvalue weighted by molar-refractivity contribution is -0.274. The molecule has 0 saturated heterocycles. The molecule has 21 heavy (non-hydrogen) atoms. The van der Waals surface area contributed by atoms with E-state index in [0.717, 1.165) is 0 Å². The summed E-state index contributed by atoms with van der Waals surface area (Å²) in [5.74, 6) is -0.202. The van der Waals surface area contributed by atoms with Crippen molar-refractivity contribution in [2.75, 3.05) is 11.1 Å². The monoisotopic (exact) mass is 381 g/mol. The van der Waals surface area contributed by atoms with Gasteiger partial charge in [-0.25, -0.2) is 4.98 Å². The van der Waals surface area contributed by atoms with E-state index in [9.17, 15) is 13.2 Å². The minimum atomic E-state index is -4.81. The van der Waals surface area contributed by atoms with Crippen molar-refractivity contribution < 1.29 is 17.9 Å². The first-order chi connectivity index (χ1) is 9.73. The van der Waals surface area contributed by atoms with Gasteiger partial charge in [0.2, 0.25) is 0 Å². The van der Waals surface area contributed by atoms with Crippen LogP contribution in [-0.4, -0.2) is 11.3 Å². The van der Waals surface area contributed by atoms with Crippen molar-refractivity contribution >= 4 is 44.7 Å². The molecule has 0 unspecified atom stereocenters. The van der Waals surface area contributed by atoms with Gasteiger partial charge in [0.25, 0.3) is 0 Å². The van der Waals surface area contributed by atoms with Gasteiger partial charge in [-0.1, -0.05) is 27.5 Å². The van der Waals surface area contributed by atoms with Crippen molar-refractivity contribution in [3.8, 4) is 5.75 Å². The molecule has 1 aromatic carbocycles. The van der Waals surface area contributed by atoms with Crippen molar-refractivity contribution in [3.63, 3.8) is 0 Å². The van der Waals surface area contributed by atoms with Crippen LogP contribution in [0, 0.1) is 0 Å². The number of alkyl halides is 3. The molecule has 1 heterocycles. The number of nitrogens with one attached hydrogen (secondary N) is 1. The van der Waals surface area contributed by atoms with Gasteiger partial charge < -0.3 is 15.8 Å². The maximum Gasteiger partial charge on any atom is 0.573 e. The highest BCUT2D eigenvalue weighted by atomic mass is 79.9. The summed E-state index contributed by atoms with van der Waals surface area (Å²) >= 11 is 8.82.